The predicted molar refractivity (Wildman–Crippen MR) is 118 cm³/mol. The van der Waals surface area contributed by atoms with Crippen LogP contribution in [-0.2, 0) is 12.8 Å². The van der Waals surface area contributed by atoms with E-state index in [1.807, 2.05) is 36.4 Å². The summed E-state index contributed by atoms with van der Waals surface area (Å²) >= 11 is 6.90. The molecule has 1 aliphatic rings. The number of nitrogens with one attached hydrogen (secondary N) is 2. The summed E-state index contributed by atoms with van der Waals surface area (Å²) in [6.07, 6.45) is 3.02. The molecule has 0 radical (unpaired) electrons. The van der Waals surface area contributed by atoms with Crippen molar-refractivity contribution in [3.8, 4) is 6.07 Å². The predicted octanol–water partition coefficient (Wildman–Crippen LogP) is 5.02. The first kappa shape index (κ1) is 18.6. The highest BCUT2D eigenvalue weighted by Crippen LogP contribution is 2.39. The summed E-state index contributed by atoms with van der Waals surface area (Å²) in [4.78, 5) is 13.8. The Hall–Kier alpha value is -2.75. The highest BCUT2D eigenvalue weighted by Gasteiger charge is 2.24. The maximum atomic E-state index is 12.6. The molecule has 0 aliphatic heterocycles. The van der Waals surface area contributed by atoms with Gasteiger partial charge in [-0.25, -0.2) is 0 Å². The fourth-order valence-corrected chi connectivity index (χ4v) is 5.22. The van der Waals surface area contributed by atoms with Crippen LogP contribution in [0.2, 0.25) is 0 Å². The maximum Gasteiger partial charge on any atom is 0.257 e. The van der Waals surface area contributed by atoms with E-state index in [4.69, 9.17) is 12.2 Å². The van der Waals surface area contributed by atoms with E-state index in [1.54, 1.807) is 17.4 Å². The number of carbonyl (C=O) groups is 1. The Morgan fingerprint density at radius 3 is 2.82 bits per heavy atom. The van der Waals surface area contributed by atoms with Gasteiger partial charge in [0, 0.05) is 10.4 Å². The standard InChI is InChI=1S/C22H19N3OS2/c1-13-6-9-17-18(12-23)21(28-19(17)10-13)25-22(27)24-20(26)16-8-7-14-4-2-3-5-15(14)11-16/h2-5,7-8,11,13H,6,9-10H2,1H3,(H2,24,25,26,27). The average Bonchev–Trinajstić information content (AvgIpc) is 3.03. The third-order valence-electron chi connectivity index (χ3n) is 5.09. The van der Waals surface area contributed by atoms with Gasteiger partial charge < -0.3 is 5.32 Å². The minimum Gasteiger partial charge on any atom is -0.323 e. The maximum absolute atomic E-state index is 12.6. The number of nitriles is 1. The second-order valence-corrected chi connectivity index (χ2v) is 8.65. The lowest BCUT2D eigenvalue weighted by Crippen LogP contribution is -2.34. The Kier molecular flexibility index (Phi) is 5.12. The first-order valence-electron chi connectivity index (χ1n) is 9.21. The van der Waals surface area contributed by atoms with E-state index in [9.17, 15) is 10.1 Å². The van der Waals surface area contributed by atoms with E-state index in [0.717, 1.165) is 40.6 Å². The molecular formula is C22H19N3OS2. The van der Waals surface area contributed by atoms with Crippen LogP contribution < -0.4 is 10.6 Å². The Morgan fingerprint density at radius 1 is 1.25 bits per heavy atom. The van der Waals surface area contributed by atoms with Gasteiger partial charge in [-0.2, -0.15) is 5.26 Å². The van der Waals surface area contributed by atoms with Crippen LogP contribution in [0.4, 0.5) is 5.00 Å². The van der Waals surface area contributed by atoms with E-state index in [-0.39, 0.29) is 11.0 Å². The third-order valence-corrected chi connectivity index (χ3v) is 6.46. The Bertz CT molecular complexity index is 1130. The number of thiocarbonyl (C=S) groups is 1. The first-order valence-corrected chi connectivity index (χ1v) is 10.4. The minimum atomic E-state index is -0.267. The van der Waals surface area contributed by atoms with E-state index in [1.165, 1.54) is 4.88 Å². The zero-order valence-electron chi connectivity index (χ0n) is 15.4. The van der Waals surface area contributed by atoms with Crippen molar-refractivity contribution in [2.24, 2.45) is 5.92 Å². The molecule has 1 atom stereocenters. The van der Waals surface area contributed by atoms with Crippen molar-refractivity contribution in [3.05, 3.63) is 64.0 Å². The number of carbonyl (C=O) groups excluding carboxylic acids is 1. The SMILES string of the molecule is CC1CCc2c(sc(NC(=S)NC(=O)c3ccc4ccccc4c3)c2C#N)C1. The Labute approximate surface area is 173 Å². The number of hydrogen-bond acceptors (Lipinski definition) is 4. The van der Waals surface area contributed by atoms with Crippen molar-refractivity contribution >= 4 is 50.3 Å². The normalized spacial score (nSPS) is 15.5. The summed E-state index contributed by atoms with van der Waals surface area (Å²) in [5, 5.41) is 18.4. The van der Waals surface area contributed by atoms with Crippen LogP contribution >= 0.6 is 23.6 Å². The quantitative estimate of drug-likeness (QED) is 0.587. The number of anilines is 1. The molecule has 0 saturated carbocycles. The topological polar surface area (TPSA) is 64.9 Å². The molecule has 1 heterocycles. The highest BCUT2D eigenvalue weighted by atomic mass is 32.1. The Balaban J connectivity index is 1.50. The summed E-state index contributed by atoms with van der Waals surface area (Å²) in [7, 11) is 0. The van der Waals surface area contributed by atoms with E-state index in [2.05, 4.69) is 23.6 Å². The van der Waals surface area contributed by atoms with Crippen LogP contribution in [0.25, 0.3) is 10.8 Å². The number of hydrogen-bond donors (Lipinski definition) is 2. The molecule has 0 spiro atoms. The van der Waals surface area contributed by atoms with Crippen molar-refractivity contribution < 1.29 is 4.79 Å². The van der Waals surface area contributed by atoms with Crippen molar-refractivity contribution in [2.45, 2.75) is 26.2 Å². The molecule has 1 unspecified atom stereocenters. The number of thiophene rings is 1. The van der Waals surface area contributed by atoms with Gasteiger partial charge in [0.25, 0.3) is 5.91 Å². The molecule has 2 aromatic carbocycles. The third kappa shape index (κ3) is 3.64. The zero-order chi connectivity index (χ0) is 19.7. The zero-order valence-corrected chi connectivity index (χ0v) is 17.0. The molecule has 2 N–H and O–H groups in total. The van der Waals surface area contributed by atoms with Gasteiger partial charge in [0.15, 0.2) is 5.11 Å². The average molecular weight is 406 g/mol. The van der Waals surface area contributed by atoms with Crippen molar-refractivity contribution in [2.75, 3.05) is 5.32 Å². The molecule has 4 nitrogen and oxygen atoms in total. The van der Waals surface area contributed by atoms with Gasteiger partial charge in [-0.05, 0) is 65.9 Å². The van der Waals surface area contributed by atoms with Gasteiger partial charge in [0.1, 0.15) is 11.1 Å². The van der Waals surface area contributed by atoms with Crippen LogP contribution in [0, 0.1) is 17.2 Å². The fraction of sp³-hybridized carbons (Fsp3) is 0.227. The first-order chi connectivity index (χ1) is 13.5. The second kappa shape index (κ2) is 7.70. The van der Waals surface area contributed by atoms with Crippen LogP contribution in [-0.4, -0.2) is 11.0 Å². The molecule has 0 fully saturated rings. The Morgan fingerprint density at radius 2 is 2.04 bits per heavy atom. The second-order valence-electron chi connectivity index (χ2n) is 7.14. The van der Waals surface area contributed by atoms with Gasteiger partial charge in [-0.3, -0.25) is 10.1 Å². The smallest absolute Gasteiger partial charge is 0.257 e. The lowest BCUT2D eigenvalue weighted by atomic mass is 9.89. The van der Waals surface area contributed by atoms with Gasteiger partial charge in [-0.15, -0.1) is 11.3 Å². The molecule has 0 saturated heterocycles. The van der Waals surface area contributed by atoms with Gasteiger partial charge in [0.05, 0.1) is 5.56 Å². The highest BCUT2D eigenvalue weighted by molar-refractivity contribution is 7.80. The largest absolute Gasteiger partial charge is 0.323 e. The lowest BCUT2D eigenvalue weighted by Gasteiger charge is -2.17. The van der Waals surface area contributed by atoms with Crippen LogP contribution in [0.15, 0.2) is 42.5 Å². The number of amides is 1. The fourth-order valence-electron chi connectivity index (χ4n) is 3.60. The van der Waals surface area contributed by atoms with Crippen LogP contribution in [0.3, 0.4) is 0 Å². The molecule has 3 aromatic rings. The van der Waals surface area contributed by atoms with E-state index >= 15 is 0 Å². The number of rotatable bonds is 2. The summed E-state index contributed by atoms with van der Waals surface area (Å²) in [6, 6.07) is 15.7. The van der Waals surface area contributed by atoms with E-state index < -0.39 is 0 Å². The molecule has 1 aromatic heterocycles. The van der Waals surface area contributed by atoms with Gasteiger partial charge >= 0.3 is 0 Å². The summed E-state index contributed by atoms with van der Waals surface area (Å²) in [6.45, 7) is 2.23. The summed E-state index contributed by atoms with van der Waals surface area (Å²) in [5.74, 6) is 0.363. The summed E-state index contributed by atoms with van der Waals surface area (Å²) < 4.78 is 0. The number of fused-ring (bicyclic) bond motifs is 2. The molecule has 1 aliphatic carbocycles. The molecule has 0 bridgehead atoms. The van der Waals surface area contributed by atoms with Crippen LogP contribution in [0.1, 0.15) is 39.7 Å². The molecule has 6 heteroatoms. The number of benzene rings is 2. The van der Waals surface area contributed by atoms with Crippen molar-refractivity contribution in [3.63, 3.8) is 0 Å². The van der Waals surface area contributed by atoms with Gasteiger partial charge in [-0.1, -0.05) is 37.3 Å². The van der Waals surface area contributed by atoms with E-state index in [0.29, 0.717) is 17.0 Å². The molecule has 140 valence electrons. The lowest BCUT2D eigenvalue weighted by molar-refractivity contribution is 0.0978. The molecule has 28 heavy (non-hydrogen) atoms. The monoisotopic (exact) mass is 405 g/mol. The molecule has 4 rings (SSSR count). The molecule has 1 amide bonds. The van der Waals surface area contributed by atoms with Gasteiger partial charge in [0.2, 0.25) is 0 Å². The van der Waals surface area contributed by atoms with Crippen LogP contribution in [0.5, 0.6) is 0 Å². The molecular weight excluding hydrogens is 386 g/mol. The summed E-state index contributed by atoms with van der Waals surface area (Å²) in [5.41, 5.74) is 2.34. The number of nitrogens with zero attached hydrogens (tertiary/aromatic N) is 1. The van der Waals surface area contributed by atoms with Crippen molar-refractivity contribution in [1.29, 1.82) is 5.26 Å². The minimum absolute atomic E-state index is 0.210. The van der Waals surface area contributed by atoms with Crippen molar-refractivity contribution in [1.82, 2.24) is 5.32 Å².